The largest absolute Gasteiger partial charge is 0.493 e. The number of hydrogen-bond acceptors (Lipinski definition) is 4. The SMILES string of the molecule is COc1cc(-c2ccc(C3CNC(=O)C3)cc2)cc(OC)c1OC. The van der Waals surface area contributed by atoms with E-state index >= 15 is 0 Å². The van der Waals surface area contributed by atoms with Crippen LogP contribution < -0.4 is 19.5 Å². The minimum Gasteiger partial charge on any atom is -0.493 e. The lowest BCUT2D eigenvalue weighted by atomic mass is 9.95. The predicted octanol–water partition coefficient (Wildman–Crippen LogP) is 2.98. The van der Waals surface area contributed by atoms with Gasteiger partial charge >= 0.3 is 0 Å². The lowest BCUT2D eigenvalue weighted by Gasteiger charge is -2.15. The first-order valence-corrected chi connectivity index (χ1v) is 7.83. The molecule has 1 saturated heterocycles. The first-order chi connectivity index (χ1) is 11.7. The number of carbonyl (C=O) groups is 1. The Morgan fingerprint density at radius 3 is 2.00 bits per heavy atom. The van der Waals surface area contributed by atoms with Crippen LogP contribution in [-0.2, 0) is 4.79 Å². The lowest BCUT2D eigenvalue weighted by molar-refractivity contribution is -0.119. The van der Waals surface area contributed by atoms with Crippen LogP contribution in [0.5, 0.6) is 17.2 Å². The standard InChI is InChI=1S/C19H21NO4/c1-22-16-8-14(9-17(23-2)19(16)24-3)12-4-6-13(7-5-12)15-10-18(21)20-11-15/h4-9,15H,10-11H2,1-3H3,(H,20,21). The molecule has 1 aliphatic heterocycles. The van der Waals surface area contributed by atoms with E-state index in [0.717, 1.165) is 11.1 Å². The second-order valence-electron chi connectivity index (χ2n) is 5.74. The lowest BCUT2D eigenvalue weighted by Crippen LogP contribution is -2.13. The summed E-state index contributed by atoms with van der Waals surface area (Å²) in [5, 5.41) is 2.87. The van der Waals surface area contributed by atoms with E-state index < -0.39 is 0 Å². The van der Waals surface area contributed by atoms with Crippen molar-refractivity contribution in [3.63, 3.8) is 0 Å². The first kappa shape index (κ1) is 16.2. The van der Waals surface area contributed by atoms with Gasteiger partial charge in [0.2, 0.25) is 11.7 Å². The maximum absolute atomic E-state index is 11.4. The zero-order valence-electron chi connectivity index (χ0n) is 14.1. The van der Waals surface area contributed by atoms with Gasteiger partial charge in [-0.2, -0.15) is 0 Å². The van der Waals surface area contributed by atoms with Crippen molar-refractivity contribution in [3.05, 3.63) is 42.0 Å². The average molecular weight is 327 g/mol. The molecule has 5 heteroatoms. The van der Waals surface area contributed by atoms with E-state index in [1.807, 2.05) is 12.1 Å². The molecule has 0 aromatic heterocycles. The minimum absolute atomic E-state index is 0.119. The van der Waals surface area contributed by atoms with Gasteiger partial charge in [0.05, 0.1) is 21.3 Å². The Kier molecular flexibility index (Phi) is 4.60. The molecule has 0 spiro atoms. The molecule has 0 saturated carbocycles. The van der Waals surface area contributed by atoms with Gasteiger partial charge in [0.1, 0.15) is 0 Å². The van der Waals surface area contributed by atoms with Crippen LogP contribution in [0.15, 0.2) is 36.4 Å². The van der Waals surface area contributed by atoms with Gasteiger partial charge in [0, 0.05) is 18.9 Å². The summed E-state index contributed by atoms with van der Waals surface area (Å²) in [6.07, 6.45) is 0.559. The fraction of sp³-hybridized carbons (Fsp3) is 0.316. The molecule has 5 nitrogen and oxygen atoms in total. The first-order valence-electron chi connectivity index (χ1n) is 7.83. The molecule has 126 valence electrons. The van der Waals surface area contributed by atoms with Crippen LogP contribution in [0, 0.1) is 0 Å². The van der Waals surface area contributed by atoms with Crippen molar-refractivity contribution < 1.29 is 19.0 Å². The third-order valence-electron chi connectivity index (χ3n) is 4.36. The van der Waals surface area contributed by atoms with Crippen LogP contribution in [0.1, 0.15) is 17.9 Å². The molecule has 1 heterocycles. The molecule has 3 rings (SSSR count). The molecular weight excluding hydrogens is 306 g/mol. The molecule has 1 amide bonds. The Hall–Kier alpha value is -2.69. The van der Waals surface area contributed by atoms with Crippen molar-refractivity contribution in [1.82, 2.24) is 5.32 Å². The van der Waals surface area contributed by atoms with Gasteiger partial charge in [-0.25, -0.2) is 0 Å². The Labute approximate surface area is 141 Å². The van der Waals surface area contributed by atoms with E-state index in [1.54, 1.807) is 21.3 Å². The van der Waals surface area contributed by atoms with Crippen molar-refractivity contribution in [1.29, 1.82) is 0 Å². The number of ether oxygens (including phenoxy) is 3. The molecule has 0 aliphatic carbocycles. The Morgan fingerprint density at radius 2 is 1.54 bits per heavy atom. The summed E-state index contributed by atoms with van der Waals surface area (Å²) in [5.74, 6) is 2.21. The van der Waals surface area contributed by atoms with Gasteiger partial charge in [-0.3, -0.25) is 4.79 Å². The maximum atomic E-state index is 11.4. The van der Waals surface area contributed by atoms with Crippen molar-refractivity contribution in [3.8, 4) is 28.4 Å². The highest BCUT2D eigenvalue weighted by molar-refractivity contribution is 5.79. The molecule has 1 unspecified atom stereocenters. The van der Waals surface area contributed by atoms with Crippen molar-refractivity contribution in [2.45, 2.75) is 12.3 Å². The maximum Gasteiger partial charge on any atom is 0.220 e. The number of methoxy groups -OCH3 is 3. The van der Waals surface area contributed by atoms with Gasteiger partial charge < -0.3 is 19.5 Å². The predicted molar refractivity (Wildman–Crippen MR) is 91.9 cm³/mol. The Balaban J connectivity index is 1.92. The summed E-state index contributed by atoms with van der Waals surface area (Å²) in [6, 6.07) is 12.1. The molecule has 2 aromatic rings. The van der Waals surface area contributed by atoms with Crippen LogP contribution >= 0.6 is 0 Å². The number of hydrogen-bond donors (Lipinski definition) is 1. The summed E-state index contributed by atoms with van der Waals surface area (Å²) in [5.41, 5.74) is 3.21. The quantitative estimate of drug-likeness (QED) is 0.917. The fourth-order valence-electron chi connectivity index (χ4n) is 3.04. The molecule has 24 heavy (non-hydrogen) atoms. The monoisotopic (exact) mass is 327 g/mol. The van der Waals surface area contributed by atoms with Crippen LogP contribution in [-0.4, -0.2) is 33.8 Å². The van der Waals surface area contributed by atoms with Gasteiger partial charge in [-0.05, 0) is 28.8 Å². The zero-order valence-corrected chi connectivity index (χ0v) is 14.1. The molecular formula is C19H21NO4. The van der Waals surface area contributed by atoms with Crippen molar-refractivity contribution in [2.24, 2.45) is 0 Å². The van der Waals surface area contributed by atoms with Crippen LogP contribution in [0.4, 0.5) is 0 Å². The number of benzene rings is 2. The Morgan fingerprint density at radius 1 is 0.917 bits per heavy atom. The highest BCUT2D eigenvalue weighted by Crippen LogP contribution is 2.41. The summed E-state index contributed by atoms with van der Waals surface area (Å²) in [7, 11) is 4.80. The summed E-state index contributed by atoms with van der Waals surface area (Å²) in [6.45, 7) is 0.711. The molecule has 1 fully saturated rings. The smallest absolute Gasteiger partial charge is 0.220 e. The average Bonchev–Trinajstić information content (AvgIpc) is 3.06. The van der Waals surface area contributed by atoms with E-state index in [2.05, 4.69) is 29.6 Å². The molecule has 0 bridgehead atoms. The number of rotatable bonds is 5. The molecule has 1 N–H and O–H groups in total. The number of nitrogens with one attached hydrogen (secondary N) is 1. The van der Waals surface area contributed by atoms with Crippen LogP contribution in [0.3, 0.4) is 0 Å². The van der Waals surface area contributed by atoms with Crippen molar-refractivity contribution >= 4 is 5.91 Å². The molecule has 1 aliphatic rings. The third-order valence-corrected chi connectivity index (χ3v) is 4.36. The van der Waals surface area contributed by atoms with E-state index in [1.165, 1.54) is 5.56 Å². The summed E-state index contributed by atoms with van der Waals surface area (Å²) >= 11 is 0. The van der Waals surface area contributed by atoms with Crippen LogP contribution in [0.25, 0.3) is 11.1 Å². The normalized spacial score (nSPS) is 16.6. The second kappa shape index (κ2) is 6.83. The second-order valence-corrected chi connectivity index (χ2v) is 5.74. The summed E-state index contributed by atoms with van der Waals surface area (Å²) in [4.78, 5) is 11.4. The van der Waals surface area contributed by atoms with Gasteiger partial charge in [-0.1, -0.05) is 24.3 Å². The van der Waals surface area contributed by atoms with Crippen molar-refractivity contribution in [2.75, 3.05) is 27.9 Å². The molecule has 0 radical (unpaired) electrons. The van der Waals surface area contributed by atoms with E-state index in [9.17, 15) is 4.79 Å². The summed E-state index contributed by atoms with van der Waals surface area (Å²) < 4.78 is 16.2. The zero-order chi connectivity index (χ0) is 17.1. The van der Waals surface area contributed by atoms with Gasteiger partial charge in [0.15, 0.2) is 11.5 Å². The highest BCUT2D eigenvalue weighted by Gasteiger charge is 2.23. The third kappa shape index (κ3) is 3.02. The number of carbonyl (C=O) groups excluding carboxylic acids is 1. The molecule has 1 atom stereocenters. The van der Waals surface area contributed by atoms with E-state index in [-0.39, 0.29) is 11.8 Å². The topological polar surface area (TPSA) is 56.8 Å². The number of amides is 1. The van der Waals surface area contributed by atoms with Gasteiger partial charge in [0.25, 0.3) is 0 Å². The minimum atomic E-state index is 0.119. The highest BCUT2D eigenvalue weighted by atomic mass is 16.5. The molecule has 2 aromatic carbocycles. The fourth-order valence-corrected chi connectivity index (χ4v) is 3.04. The van der Waals surface area contributed by atoms with Crippen LogP contribution in [0.2, 0.25) is 0 Å². The van der Waals surface area contributed by atoms with E-state index in [4.69, 9.17) is 14.2 Å². The van der Waals surface area contributed by atoms with E-state index in [0.29, 0.717) is 30.2 Å². The van der Waals surface area contributed by atoms with Gasteiger partial charge in [-0.15, -0.1) is 0 Å². The Bertz CT molecular complexity index is 715.